The minimum absolute atomic E-state index is 0.00357. The molecule has 0 aliphatic carbocycles. The summed E-state index contributed by atoms with van der Waals surface area (Å²) in [7, 11) is 1.30. The number of ether oxygens (including phenoxy) is 1. The van der Waals surface area contributed by atoms with E-state index in [2.05, 4.69) is 5.32 Å². The number of nitrogens with one attached hydrogen (secondary N) is 1. The molecule has 1 rings (SSSR count). The van der Waals surface area contributed by atoms with Gasteiger partial charge in [-0.05, 0) is 43.9 Å². The zero-order valence-corrected chi connectivity index (χ0v) is 23.0. The fourth-order valence-electron chi connectivity index (χ4n) is 4.87. The van der Waals surface area contributed by atoms with E-state index in [1.165, 1.54) is 18.9 Å². The van der Waals surface area contributed by atoms with E-state index >= 15 is 0 Å². The molecule has 0 radical (unpaired) electrons. The summed E-state index contributed by atoms with van der Waals surface area (Å²) >= 11 is 0. The second kappa shape index (κ2) is 15.5. The number of esters is 1. The van der Waals surface area contributed by atoms with Crippen LogP contribution in [-0.4, -0.2) is 71.2 Å². The number of amides is 2. The van der Waals surface area contributed by atoms with Crippen LogP contribution in [0, 0.1) is 35.0 Å². The van der Waals surface area contributed by atoms with Gasteiger partial charge in [0.05, 0.1) is 31.2 Å². The minimum atomic E-state index is -1.26. The normalized spacial score (nSPS) is 18.6. The molecule has 2 N–H and O–H groups in total. The van der Waals surface area contributed by atoms with Crippen molar-refractivity contribution in [3.05, 3.63) is 0 Å². The average Bonchev–Trinajstić information content (AvgIpc) is 3.32. The first kappa shape index (κ1) is 32.2. The number of hydrogen-bond acceptors (Lipinski definition) is 8. The Bertz CT molecular complexity index is 865. The number of Topliss-reactive ketones (excluding diaryl/α,β-unsaturated/α-hetero) is 2. The molecule has 1 saturated heterocycles. The number of carbonyl (C=O) groups excluding carboxylic acids is 5. The summed E-state index contributed by atoms with van der Waals surface area (Å²) in [6.45, 7) is 9.24. The Morgan fingerprint density at radius 1 is 1.11 bits per heavy atom. The van der Waals surface area contributed by atoms with Crippen LogP contribution in [0.1, 0.15) is 79.6 Å². The van der Waals surface area contributed by atoms with Crippen molar-refractivity contribution in [3.8, 4) is 6.07 Å². The molecule has 0 spiro atoms. The highest BCUT2D eigenvalue weighted by Gasteiger charge is 2.40. The van der Waals surface area contributed by atoms with Crippen molar-refractivity contribution in [2.24, 2.45) is 23.7 Å². The van der Waals surface area contributed by atoms with E-state index in [-0.39, 0.29) is 55.0 Å². The SMILES string of the molecule is COC(=O)[C@@H](CC(=O)[C@@H]1CCCN1C(=O)[C@@H](CC(=O)[C@H](CCC(O)C#N)NC(C)=O)C(C)C)CC(C)C. The number of aliphatic hydroxyl groups excluding tert-OH is 1. The van der Waals surface area contributed by atoms with Gasteiger partial charge in [-0.1, -0.05) is 27.7 Å². The third kappa shape index (κ3) is 10.2. The predicted octanol–water partition coefficient (Wildman–Crippen LogP) is 2.17. The van der Waals surface area contributed by atoms with Gasteiger partial charge in [0.25, 0.3) is 0 Å². The molecular weight excluding hydrogens is 478 g/mol. The summed E-state index contributed by atoms with van der Waals surface area (Å²) < 4.78 is 4.88. The zero-order chi connectivity index (χ0) is 28.3. The van der Waals surface area contributed by atoms with Gasteiger partial charge in [0, 0.05) is 32.2 Å². The Morgan fingerprint density at radius 3 is 2.27 bits per heavy atom. The Kier molecular flexibility index (Phi) is 13.5. The Morgan fingerprint density at radius 2 is 1.76 bits per heavy atom. The number of hydrogen-bond donors (Lipinski definition) is 2. The molecule has 1 aliphatic heterocycles. The lowest BCUT2D eigenvalue weighted by atomic mass is 9.86. The molecule has 0 saturated carbocycles. The van der Waals surface area contributed by atoms with Crippen LogP contribution in [0.25, 0.3) is 0 Å². The molecule has 0 aromatic heterocycles. The molecule has 2 amide bonds. The van der Waals surface area contributed by atoms with Gasteiger partial charge in [-0.25, -0.2) is 0 Å². The second-order valence-electron chi connectivity index (χ2n) is 10.7. The number of ketones is 2. The van der Waals surface area contributed by atoms with Crippen molar-refractivity contribution in [1.82, 2.24) is 10.2 Å². The van der Waals surface area contributed by atoms with E-state index in [0.29, 0.717) is 25.8 Å². The molecule has 208 valence electrons. The standard InChI is InChI=1S/C27H43N3O7/c1-16(2)12-19(27(36)37-6)13-25(34)23-8-7-11-30(23)26(35)21(17(3)4)14-24(33)22(29-18(5)31)10-9-20(32)15-28/h16-17,19-23,32H,7-14H2,1-6H3,(H,29,31)/t19-,20?,21+,22+,23+/m1/s1. The first-order valence-corrected chi connectivity index (χ1v) is 13.1. The molecule has 1 fully saturated rings. The zero-order valence-electron chi connectivity index (χ0n) is 23.0. The number of carbonyl (C=O) groups is 5. The van der Waals surface area contributed by atoms with Crippen molar-refractivity contribution >= 4 is 29.4 Å². The third-order valence-electron chi connectivity index (χ3n) is 6.83. The van der Waals surface area contributed by atoms with E-state index in [4.69, 9.17) is 10.00 Å². The molecule has 0 aromatic carbocycles. The molecule has 1 aliphatic rings. The minimum Gasteiger partial charge on any atom is -0.469 e. The van der Waals surface area contributed by atoms with Gasteiger partial charge >= 0.3 is 5.97 Å². The van der Waals surface area contributed by atoms with Gasteiger partial charge in [-0.3, -0.25) is 24.0 Å². The highest BCUT2D eigenvalue weighted by atomic mass is 16.5. The van der Waals surface area contributed by atoms with Gasteiger partial charge in [0.1, 0.15) is 6.10 Å². The van der Waals surface area contributed by atoms with E-state index in [9.17, 15) is 29.1 Å². The first-order valence-electron chi connectivity index (χ1n) is 13.1. The van der Waals surface area contributed by atoms with Crippen molar-refractivity contribution in [2.45, 2.75) is 97.8 Å². The first-order chi connectivity index (χ1) is 17.3. The average molecular weight is 522 g/mol. The predicted molar refractivity (Wildman–Crippen MR) is 136 cm³/mol. The molecule has 0 bridgehead atoms. The number of nitriles is 1. The number of methoxy groups -OCH3 is 1. The summed E-state index contributed by atoms with van der Waals surface area (Å²) in [5.41, 5.74) is 0. The fourth-order valence-corrected chi connectivity index (χ4v) is 4.87. The molecule has 0 aromatic rings. The summed E-state index contributed by atoms with van der Waals surface area (Å²) in [5.74, 6) is -2.99. The summed E-state index contributed by atoms with van der Waals surface area (Å²) in [6.07, 6.45) is 0.333. The number of nitrogens with zero attached hydrogens (tertiary/aromatic N) is 2. The van der Waals surface area contributed by atoms with Crippen molar-refractivity contribution in [3.63, 3.8) is 0 Å². The van der Waals surface area contributed by atoms with E-state index in [1.54, 1.807) is 6.07 Å². The Balaban J connectivity index is 3.02. The Labute approximate surface area is 220 Å². The van der Waals surface area contributed by atoms with Crippen molar-refractivity contribution < 1.29 is 33.8 Å². The van der Waals surface area contributed by atoms with E-state index in [0.717, 1.165) is 0 Å². The highest BCUT2D eigenvalue weighted by Crippen LogP contribution is 2.29. The number of rotatable bonds is 15. The van der Waals surface area contributed by atoms with Crippen molar-refractivity contribution in [1.29, 1.82) is 5.26 Å². The fraction of sp³-hybridized carbons (Fsp3) is 0.778. The third-order valence-corrected chi connectivity index (χ3v) is 6.83. The highest BCUT2D eigenvalue weighted by molar-refractivity contribution is 5.95. The second-order valence-corrected chi connectivity index (χ2v) is 10.7. The Hall–Kier alpha value is -2.80. The smallest absolute Gasteiger partial charge is 0.309 e. The van der Waals surface area contributed by atoms with Crippen LogP contribution >= 0.6 is 0 Å². The lowest BCUT2D eigenvalue weighted by Crippen LogP contribution is -2.47. The van der Waals surface area contributed by atoms with E-state index in [1.807, 2.05) is 27.7 Å². The maximum Gasteiger partial charge on any atom is 0.309 e. The monoisotopic (exact) mass is 521 g/mol. The molecule has 37 heavy (non-hydrogen) atoms. The molecule has 10 nitrogen and oxygen atoms in total. The maximum atomic E-state index is 13.6. The summed E-state index contributed by atoms with van der Waals surface area (Å²) in [4.78, 5) is 65.4. The maximum absolute atomic E-state index is 13.6. The lowest BCUT2D eigenvalue weighted by Gasteiger charge is -2.31. The molecular formula is C27H43N3O7. The van der Waals surface area contributed by atoms with Crippen LogP contribution < -0.4 is 5.32 Å². The van der Waals surface area contributed by atoms with Gasteiger partial charge < -0.3 is 20.1 Å². The summed E-state index contributed by atoms with van der Waals surface area (Å²) in [6, 6.07) is 0.105. The van der Waals surface area contributed by atoms with Gasteiger partial charge in [0.15, 0.2) is 11.6 Å². The quantitative estimate of drug-likeness (QED) is 0.245. The van der Waals surface area contributed by atoms with Crippen LogP contribution in [0.5, 0.6) is 0 Å². The van der Waals surface area contributed by atoms with Gasteiger partial charge in [0.2, 0.25) is 11.8 Å². The van der Waals surface area contributed by atoms with Crippen LogP contribution in [0.4, 0.5) is 0 Å². The molecule has 10 heteroatoms. The largest absolute Gasteiger partial charge is 0.469 e. The lowest BCUT2D eigenvalue weighted by molar-refractivity contribution is -0.149. The van der Waals surface area contributed by atoms with Gasteiger partial charge in [-0.15, -0.1) is 0 Å². The molecule has 5 atom stereocenters. The number of aliphatic hydroxyl groups is 1. The molecule has 1 unspecified atom stereocenters. The topological polar surface area (TPSA) is 154 Å². The van der Waals surface area contributed by atoms with E-state index < -0.39 is 41.9 Å². The van der Waals surface area contributed by atoms with Crippen LogP contribution in [0.15, 0.2) is 0 Å². The van der Waals surface area contributed by atoms with Gasteiger partial charge in [-0.2, -0.15) is 5.26 Å². The number of likely N-dealkylation sites (tertiary alicyclic amines) is 1. The van der Waals surface area contributed by atoms with Crippen LogP contribution in [-0.2, 0) is 28.7 Å². The molecule has 1 heterocycles. The van der Waals surface area contributed by atoms with Crippen molar-refractivity contribution in [2.75, 3.05) is 13.7 Å². The summed E-state index contributed by atoms with van der Waals surface area (Å²) in [5, 5.41) is 20.9. The van der Waals surface area contributed by atoms with Crippen LogP contribution in [0.3, 0.4) is 0 Å². The van der Waals surface area contributed by atoms with Crippen LogP contribution in [0.2, 0.25) is 0 Å².